The molecule has 2 heterocycles. The molecule has 0 bridgehead atoms. The van der Waals surface area contributed by atoms with Crippen molar-refractivity contribution in [2.75, 3.05) is 11.0 Å². The van der Waals surface area contributed by atoms with Crippen LogP contribution in [0.3, 0.4) is 0 Å². The first-order valence-corrected chi connectivity index (χ1v) is 10.7. The molecule has 0 spiro atoms. The first kappa shape index (κ1) is 19.2. The maximum absolute atomic E-state index is 10.0. The summed E-state index contributed by atoms with van der Waals surface area (Å²) in [7, 11) is 0. The van der Waals surface area contributed by atoms with E-state index < -0.39 is 5.60 Å². The molecular formula is C20H21ClN2OS2. The number of aromatic nitrogens is 1. The molecule has 0 radical (unpaired) electrons. The van der Waals surface area contributed by atoms with Gasteiger partial charge in [0.1, 0.15) is 0 Å². The van der Waals surface area contributed by atoms with Crippen LogP contribution < -0.4 is 4.72 Å². The summed E-state index contributed by atoms with van der Waals surface area (Å²) in [5, 5.41) is 12.9. The highest BCUT2D eigenvalue weighted by Gasteiger charge is 2.15. The molecule has 136 valence electrons. The quantitative estimate of drug-likeness (QED) is 0.485. The molecule has 0 saturated carbocycles. The zero-order chi connectivity index (χ0) is 18.7. The van der Waals surface area contributed by atoms with Gasteiger partial charge < -0.3 is 9.83 Å². The number of pyridine rings is 1. The zero-order valence-electron chi connectivity index (χ0n) is 14.9. The Labute approximate surface area is 167 Å². The monoisotopic (exact) mass is 404 g/mol. The predicted molar refractivity (Wildman–Crippen MR) is 115 cm³/mol. The molecule has 0 fully saturated rings. The average molecular weight is 405 g/mol. The lowest BCUT2D eigenvalue weighted by Crippen LogP contribution is -2.22. The van der Waals surface area contributed by atoms with Crippen molar-refractivity contribution < 1.29 is 5.11 Å². The predicted octanol–water partition coefficient (Wildman–Crippen LogP) is 6.13. The maximum Gasteiger partial charge on any atom is 0.0647 e. The fraction of sp³-hybridized carbons (Fsp3) is 0.250. The summed E-state index contributed by atoms with van der Waals surface area (Å²) in [6.07, 6.45) is 4.30. The largest absolute Gasteiger partial charge is 0.390 e. The van der Waals surface area contributed by atoms with Gasteiger partial charge in [0.05, 0.1) is 10.6 Å². The van der Waals surface area contributed by atoms with Crippen LogP contribution in [-0.2, 0) is 6.42 Å². The molecule has 0 aliphatic rings. The van der Waals surface area contributed by atoms with E-state index in [1.807, 2.05) is 36.6 Å². The Morgan fingerprint density at radius 2 is 2.00 bits per heavy atom. The first-order valence-electron chi connectivity index (χ1n) is 8.21. The third-order valence-electron chi connectivity index (χ3n) is 3.81. The second-order valence-electron chi connectivity index (χ2n) is 6.73. The number of thiophene rings is 1. The van der Waals surface area contributed by atoms with Gasteiger partial charge in [-0.1, -0.05) is 29.6 Å². The van der Waals surface area contributed by atoms with Crippen molar-refractivity contribution in [2.45, 2.75) is 25.9 Å². The molecule has 0 saturated heterocycles. The third-order valence-corrected chi connectivity index (χ3v) is 5.55. The van der Waals surface area contributed by atoms with Crippen LogP contribution in [0, 0.1) is 0 Å². The van der Waals surface area contributed by atoms with Crippen molar-refractivity contribution in [3.05, 3.63) is 58.7 Å². The van der Waals surface area contributed by atoms with E-state index in [1.165, 1.54) is 0 Å². The Bertz CT molecular complexity index is 903. The number of nitrogens with zero attached hydrogens (tertiary/aromatic N) is 1. The van der Waals surface area contributed by atoms with Crippen LogP contribution in [-0.4, -0.2) is 21.9 Å². The van der Waals surface area contributed by atoms with Crippen LogP contribution in [0.15, 0.2) is 48.0 Å². The molecule has 1 aromatic carbocycles. The van der Waals surface area contributed by atoms with Crippen molar-refractivity contribution >= 4 is 40.6 Å². The number of hydrogen-bond donors (Lipinski definition) is 2. The fourth-order valence-corrected chi connectivity index (χ4v) is 4.29. The maximum atomic E-state index is 10.0. The molecule has 0 unspecified atom stereocenters. The van der Waals surface area contributed by atoms with E-state index in [2.05, 4.69) is 21.2 Å². The molecule has 2 aromatic heterocycles. The van der Waals surface area contributed by atoms with Crippen molar-refractivity contribution in [2.24, 2.45) is 0 Å². The number of hydrogen-bond acceptors (Lipinski definition) is 5. The van der Waals surface area contributed by atoms with Crippen molar-refractivity contribution in [1.82, 2.24) is 4.98 Å². The molecule has 3 aromatic rings. The molecule has 0 amide bonds. The summed E-state index contributed by atoms with van der Waals surface area (Å²) < 4.78 is 3.19. The smallest absolute Gasteiger partial charge is 0.0647 e. The molecule has 0 aliphatic carbocycles. The van der Waals surface area contributed by atoms with E-state index in [-0.39, 0.29) is 0 Å². The number of benzene rings is 1. The molecule has 0 aliphatic heterocycles. The third kappa shape index (κ3) is 4.80. The van der Waals surface area contributed by atoms with Crippen LogP contribution >= 0.6 is 34.9 Å². The topological polar surface area (TPSA) is 45.2 Å². The van der Waals surface area contributed by atoms with E-state index in [0.29, 0.717) is 6.42 Å². The molecule has 2 N–H and O–H groups in total. The molecule has 0 atom stereocenters. The lowest BCUT2D eigenvalue weighted by Gasteiger charge is -2.16. The van der Waals surface area contributed by atoms with Gasteiger partial charge in [-0.15, -0.1) is 11.3 Å². The normalized spacial score (nSPS) is 11.6. The Balaban J connectivity index is 1.88. The van der Waals surface area contributed by atoms with E-state index in [4.69, 9.17) is 11.6 Å². The minimum absolute atomic E-state index is 0.523. The van der Waals surface area contributed by atoms with Gasteiger partial charge in [-0.25, -0.2) is 0 Å². The lowest BCUT2D eigenvalue weighted by atomic mass is 10.0. The lowest BCUT2D eigenvalue weighted by molar-refractivity contribution is 0.0800. The Morgan fingerprint density at radius 3 is 2.69 bits per heavy atom. The molecule has 3 rings (SSSR count). The first-order chi connectivity index (χ1) is 12.4. The van der Waals surface area contributed by atoms with Gasteiger partial charge in [-0.3, -0.25) is 4.98 Å². The second-order valence-corrected chi connectivity index (χ2v) is 8.66. The number of halogens is 1. The summed E-state index contributed by atoms with van der Waals surface area (Å²) in [6, 6.07) is 12.2. The molecule has 3 nitrogen and oxygen atoms in total. The minimum atomic E-state index is -0.772. The Morgan fingerprint density at radius 1 is 1.19 bits per heavy atom. The van der Waals surface area contributed by atoms with E-state index in [9.17, 15) is 5.11 Å². The molecule has 6 heteroatoms. The molecular weight excluding hydrogens is 384 g/mol. The minimum Gasteiger partial charge on any atom is -0.390 e. The standard InChI is InChI=1S/C20H21ClN2OS2/c1-20(2,24)11-16-8-13(6-7-22-16)19-9-14(12-26-19)17-5-4-15(23-25-3)10-18(17)21/h4-10,12,23-24H,11H2,1-3H3. The molecule has 26 heavy (non-hydrogen) atoms. The number of nitrogens with one attached hydrogen (secondary N) is 1. The van der Waals surface area contributed by atoms with Gasteiger partial charge >= 0.3 is 0 Å². The van der Waals surface area contributed by atoms with E-state index in [1.54, 1.807) is 43.3 Å². The Hall–Kier alpha value is -1.53. The van der Waals surface area contributed by atoms with Gasteiger partial charge in [-0.2, -0.15) is 0 Å². The Kier molecular flexibility index (Phi) is 5.92. The zero-order valence-corrected chi connectivity index (χ0v) is 17.3. The summed E-state index contributed by atoms with van der Waals surface area (Å²) in [5.41, 5.74) is 4.33. The SMILES string of the molecule is CSNc1ccc(-c2csc(-c3ccnc(CC(C)(C)O)c3)c2)c(Cl)c1. The van der Waals surface area contributed by atoms with Crippen LogP contribution in [0.2, 0.25) is 5.02 Å². The number of rotatable bonds is 6. The van der Waals surface area contributed by atoms with Crippen molar-refractivity contribution in [3.8, 4) is 21.6 Å². The van der Waals surface area contributed by atoms with Crippen LogP contribution in [0.5, 0.6) is 0 Å². The summed E-state index contributed by atoms with van der Waals surface area (Å²) >= 11 is 9.69. The van der Waals surface area contributed by atoms with Gasteiger partial charge in [0.2, 0.25) is 0 Å². The highest BCUT2D eigenvalue weighted by Crippen LogP contribution is 2.37. The number of aliphatic hydroxyl groups is 1. The summed E-state index contributed by atoms with van der Waals surface area (Å²) in [5.74, 6) is 0. The van der Waals surface area contributed by atoms with Crippen molar-refractivity contribution in [3.63, 3.8) is 0 Å². The fourth-order valence-electron chi connectivity index (χ4n) is 2.73. The highest BCUT2D eigenvalue weighted by atomic mass is 35.5. The van der Waals surface area contributed by atoms with Crippen molar-refractivity contribution in [1.29, 1.82) is 0 Å². The second kappa shape index (κ2) is 8.01. The van der Waals surface area contributed by atoms with E-state index in [0.717, 1.165) is 38.0 Å². The van der Waals surface area contributed by atoms with Gasteiger partial charge in [-0.05, 0) is 60.7 Å². The highest BCUT2D eigenvalue weighted by molar-refractivity contribution is 7.99. The van der Waals surface area contributed by atoms with Gasteiger partial charge in [0.25, 0.3) is 0 Å². The van der Waals surface area contributed by atoms with Gasteiger partial charge in [0.15, 0.2) is 0 Å². The van der Waals surface area contributed by atoms with Crippen LogP contribution in [0.4, 0.5) is 5.69 Å². The summed E-state index contributed by atoms with van der Waals surface area (Å²) in [6.45, 7) is 3.59. The van der Waals surface area contributed by atoms with Gasteiger partial charge in [0, 0.05) is 40.7 Å². The summed E-state index contributed by atoms with van der Waals surface area (Å²) in [4.78, 5) is 5.53. The van der Waals surface area contributed by atoms with Crippen LogP contribution in [0.25, 0.3) is 21.6 Å². The van der Waals surface area contributed by atoms with Crippen LogP contribution in [0.1, 0.15) is 19.5 Å². The average Bonchev–Trinajstić information content (AvgIpc) is 3.04. The number of anilines is 1. The van der Waals surface area contributed by atoms with E-state index >= 15 is 0 Å².